The van der Waals surface area contributed by atoms with Gasteiger partial charge in [0.1, 0.15) is 0 Å². The van der Waals surface area contributed by atoms with Crippen molar-refractivity contribution in [2.75, 3.05) is 0 Å². The maximum atomic E-state index is 10.5. The van der Waals surface area contributed by atoms with E-state index in [1.54, 1.807) is 6.20 Å². The normalized spacial score (nSPS) is 13.8. The highest BCUT2D eigenvalue weighted by atomic mass is 16.1. The van der Waals surface area contributed by atoms with Crippen molar-refractivity contribution in [1.82, 2.24) is 9.97 Å². The number of benzene rings is 1. The molecule has 0 spiro atoms. The van der Waals surface area contributed by atoms with E-state index in [1.807, 2.05) is 0 Å². The summed E-state index contributed by atoms with van der Waals surface area (Å²) in [6.07, 6.45) is 6.05. The number of carbonyl (C=O) groups is 1. The van der Waals surface area contributed by atoms with E-state index in [9.17, 15) is 4.79 Å². The first-order valence-electron chi connectivity index (χ1n) is 5.49. The largest absolute Gasteiger partial charge is 0.336 e. The van der Waals surface area contributed by atoms with Crippen LogP contribution in [-0.4, -0.2) is 16.3 Å². The van der Waals surface area contributed by atoms with Gasteiger partial charge < -0.3 is 4.98 Å². The molecule has 1 aliphatic rings. The highest BCUT2D eigenvalue weighted by molar-refractivity contribution is 5.72. The Morgan fingerprint density at radius 2 is 2.12 bits per heavy atom. The summed E-state index contributed by atoms with van der Waals surface area (Å²) in [6.45, 7) is 0. The van der Waals surface area contributed by atoms with E-state index in [1.165, 1.54) is 24.0 Å². The van der Waals surface area contributed by atoms with Gasteiger partial charge in [0.15, 0.2) is 12.1 Å². The number of aromatic amines is 1. The Hall–Kier alpha value is -1.90. The lowest BCUT2D eigenvalue weighted by atomic mass is 10.1. The molecule has 3 nitrogen and oxygen atoms in total. The number of aromatic nitrogens is 2. The zero-order valence-electron chi connectivity index (χ0n) is 8.86. The highest BCUT2D eigenvalue weighted by Crippen LogP contribution is 2.27. The van der Waals surface area contributed by atoms with Crippen LogP contribution in [-0.2, 0) is 12.8 Å². The number of carbonyl (C=O) groups excluding carboxylic acids is 1. The molecule has 0 atom stereocenters. The van der Waals surface area contributed by atoms with Gasteiger partial charge in [-0.1, -0.05) is 12.1 Å². The number of rotatable bonds is 2. The quantitative estimate of drug-likeness (QED) is 0.777. The van der Waals surface area contributed by atoms with Crippen molar-refractivity contribution < 1.29 is 4.79 Å². The molecule has 0 radical (unpaired) electrons. The molecule has 0 amide bonds. The van der Waals surface area contributed by atoms with E-state index in [0.29, 0.717) is 5.82 Å². The first-order chi connectivity index (χ1) is 7.86. The third-order valence-corrected chi connectivity index (χ3v) is 3.12. The number of aldehydes is 1. The summed E-state index contributed by atoms with van der Waals surface area (Å²) in [4.78, 5) is 17.5. The van der Waals surface area contributed by atoms with Gasteiger partial charge in [-0.05, 0) is 42.0 Å². The van der Waals surface area contributed by atoms with Gasteiger partial charge >= 0.3 is 0 Å². The summed E-state index contributed by atoms with van der Waals surface area (Å²) in [5.41, 5.74) is 4.91. The minimum Gasteiger partial charge on any atom is -0.336 e. The molecule has 3 heteroatoms. The van der Waals surface area contributed by atoms with Gasteiger partial charge in [0, 0.05) is 0 Å². The first-order valence-corrected chi connectivity index (χ1v) is 5.49. The molecule has 0 saturated carbocycles. The lowest BCUT2D eigenvalue weighted by Crippen LogP contribution is -1.85. The van der Waals surface area contributed by atoms with Crippen molar-refractivity contribution in [1.29, 1.82) is 0 Å². The van der Waals surface area contributed by atoms with Crippen molar-refractivity contribution in [2.45, 2.75) is 19.3 Å². The lowest BCUT2D eigenvalue weighted by Gasteiger charge is -2.02. The van der Waals surface area contributed by atoms with Crippen LogP contribution in [0.2, 0.25) is 0 Å². The second-order valence-corrected chi connectivity index (χ2v) is 4.14. The van der Waals surface area contributed by atoms with E-state index >= 15 is 0 Å². The van der Waals surface area contributed by atoms with Crippen molar-refractivity contribution in [3.63, 3.8) is 0 Å². The van der Waals surface area contributed by atoms with Gasteiger partial charge in [0.2, 0.25) is 0 Å². The number of fused-ring (bicyclic) bond motifs is 1. The molecular weight excluding hydrogens is 200 g/mol. The maximum Gasteiger partial charge on any atom is 0.185 e. The summed E-state index contributed by atoms with van der Waals surface area (Å²) < 4.78 is 0. The molecule has 0 unspecified atom stereocenters. The molecule has 2 aromatic rings. The number of hydrogen-bond acceptors (Lipinski definition) is 2. The molecule has 1 aromatic carbocycles. The molecule has 1 N–H and O–H groups in total. The van der Waals surface area contributed by atoms with Crippen molar-refractivity contribution in [3.05, 3.63) is 41.3 Å². The lowest BCUT2D eigenvalue weighted by molar-refractivity contribution is 0.111. The average Bonchev–Trinajstić information content (AvgIpc) is 2.96. The third-order valence-electron chi connectivity index (χ3n) is 3.12. The minimum atomic E-state index is 0.385. The molecule has 0 saturated heterocycles. The smallest absolute Gasteiger partial charge is 0.185 e. The van der Waals surface area contributed by atoms with Gasteiger partial charge in [-0.2, -0.15) is 0 Å². The fourth-order valence-electron chi connectivity index (χ4n) is 2.28. The number of H-pyrrole nitrogens is 1. The van der Waals surface area contributed by atoms with Crippen LogP contribution in [0.3, 0.4) is 0 Å². The summed E-state index contributed by atoms with van der Waals surface area (Å²) in [5, 5.41) is 0. The Labute approximate surface area is 93.5 Å². The van der Waals surface area contributed by atoms with Gasteiger partial charge in [-0.15, -0.1) is 0 Å². The van der Waals surface area contributed by atoms with Crippen molar-refractivity contribution in [3.8, 4) is 11.3 Å². The molecule has 80 valence electrons. The Bertz CT molecular complexity index is 543. The van der Waals surface area contributed by atoms with Gasteiger partial charge in [-0.3, -0.25) is 4.79 Å². The Morgan fingerprint density at radius 1 is 1.25 bits per heavy atom. The maximum absolute atomic E-state index is 10.5. The zero-order chi connectivity index (χ0) is 11.0. The van der Waals surface area contributed by atoms with Crippen molar-refractivity contribution >= 4 is 6.29 Å². The summed E-state index contributed by atoms with van der Waals surface area (Å²) in [5.74, 6) is 0.385. The number of aryl methyl sites for hydroxylation is 2. The molecule has 1 heterocycles. The number of hydrogen-bond donors (Lipinski definition) is 1. The number of imidazole rings is 1. The highest BCUT2D eigenvalue weighted by Gasteiger charge is 2.12. The van der Waals surface area contributed by atoms with Crippen LogP contribution in [0.15, 0.2) is 24.4 Å². The molecule has 0 aliphatic heterocycles. The third kappa shape index (κ3) is 1.45. The first kappa shape index (κ1) is 9.33. The second-order valence-electron chi connectivity index (χ2n) is 4.14. The van der Waals surface area contributed by atoms with Crippen molar-refractivity contribution in [2.24, 2.45) is 0 Å². The Kier molecular flexibility index (Phi) is 2.10. The summed E-state index contributed by atoms with van der Waals surface area (Å²) >= 11 is 0. The number of nitrogens with one attached hydrogen (secondary N) is 1. The number of nitrogens with zero attached hydrogens (tertiary/aromatic N) is 1. The molecule has 0 bridgehead atoms. The zero-order valence-corrected chi connectivity index (χ0v) is 8.86. The van der Waals surface area contributed by atoms with Crippen LogP contribution < -0.4 is 0 Å². The Morgan fingerprint density at radius 3 is 2.94 bits per heavy atom. The van der Waals surface area contributed by atoms with E-state index in [2.05, 4.69) is 28.2 Å². The fourth-order valence-corrected chi connectivity index (χ4v) is 2.28. The van der Waals surface area contributed by atoms with E-state index < -0.39 is 0 Å². The molecule has 16 heavy (non-hydrogen) atoms. The van der Waals surface area contributed by atoms with Crippen LogP contribution in [0.1, 0.15) is 28.2 Å². The van der Waals surface area contributed by atoms with Crippen LogP contribution >= 0.6 is 0 Å². The second kappa shape index (κ2) is 3.59. The summed E-state index contributed by atoms with van der Waals surface area (Å²) in [6, 6.07) is 6.47. The van der Waals surface area contributed by atoms with Crippen LogP contribution in [0.25, 0.3) is 11.3 Å². The average molecular weight is 212 g/mol. The fraction of sp³-hybridized carbons (Fsp3) is 0.231. The van der Waals surface area contributed by atoms with Crippen LogP contribution in [0, 0.1) is 0 Å². The van der Waals surface area contributed by atoms with Gasteiger partial charge in [0.05, 0.1) is 11.9 Å². The van der Waals surface area contributed by atoms with E-state index in [-0.39, 0.29) is 0 Å². The molecule has 3 rings (SSSR count). The standard InChI is InChI=1S/C13H12N2O/c16-8-13-14-7-12(15-13)11-5-4-9-2-1-3-10(9)6-11/h4-8H,1-3H2,(H,14,15). The van der Waals surface area contributed by atoms with Gasteiger partial charge in [-0.25, -0.2) is 4.98 Å². The molecular formula is C13H12N2O. The van der Waals surface area contributed by atoms with E-state index in [0.717, 1.165) is 24.0 Å². The summed E-state index contributed by atoms with van der Waals surface area (Å²) in [7, 11) is 0. The predicted molar refractivity (Wildman–Crippen MR) is 61.4 cm³/mol. The topological polar surface area (TPSA) is 45.8 Å². The van der Waals surface area contributed by atoms with E-state index in [4.69, 9.17) is 0 Å². The molecule has 1 aromatic heterocycles. The Balaban J connectivity index is 2.03. The predicted octanol–water partition coefficient (Wildman–Crippen LogP) is 2.38. The van der Waals surface area contributed by atoms with Gasteiger partial charge in [0.25, 0.3) is 0 Å². The molecule has 0 fully saturated rings. The molecule has 1 aliphatic carbocycles. The van der Waals surface area contributed by atoms with Crippen LogP contribution in [0.5, 0.6) is 0 Å². The van der Waals surface area contributed by atoms with Crippen LogP contribution in [0.4, 0.5) is 0 Å². The monoisotopic (exact) mass is 212 g/mol. The SMILES string of the molecule is O=Cc1ncc(-c2ccc3c(c2)CCC3)[nH]1. The minimum absolute atomic E-state index is 0.385.